The minimum atomic E-state index is -2.12. The molecule has 0 aliphatic carbocycles. The van der Waals surface area contributed by atoms with E-state index in [-0.39, 0.29) is 6.42 Å². The van der Waals surface area contributed by atoms with Crippen molar-refractivity contribution in [3.63, 3.8) is 0 Å². The van der Waals surface area contributed by atoms with E-state index in [1.165, 1.54) is 6.92 Å². The minimum Gasteiger partial charge on any atom is -0.394 e. The highest BCUT2D eigenvalue weighted by Crippen LogP contribution is 2.10. The van der Waals surface area contributed by atoms with Gasteiger partial charge in [-0.2, -0.15) is 0 Å². The molecule has 0 aliphatic rings. The number of aliphatic hydroxyl groups is 7. The minimum absolute atomic E-state index is 0.0756. The Morgan fingerprint density at radius 3 is 1.82 bits per heavy atom. The van der Waals surface area contributed by atoms with Gasteiger partial charge >= 0.3 is 0 Å². The van der Waals surface area contributed by atoms with Crippen LogP contribution < -0.4 is 5.32 Å². The molecule has 6 atom stereocenters. The molecule has 0 aromatic carbocycles. The van der Waals surface area contributed by atoms with E-state index < -0.39 is 61.5 Å². The van der Waals surface area contributed by atoms with Crippen LogP contribution in [0.5, 0.6) is 0 Å². The molecule has 22 heavy (non-hydrogen) atoms. The fourth-order valence-corrected chi connectivity index (χ4v) is 1.61. The molecule has 6 unspecified atom stereocenters. The molecule has 10 heteroatoms. The number of hydrogen-bond donors (Lipinski definition) is 8. The van der Waals surface area contributed by atoms with E-state index in [0.29, 0.717) is 0 Å². The third-order valence-corrected chi connectivity index (χ3v) is 3.06. The molecule has 0 radical (unpaired) electrons. The second kappa shape index (κ2) is 9.79. The van der Waals surface area contributed by atoms with Crippen LogP contribution in [0, 0.1) is 0 Å². The van der Waals surface area contributed by atoms with Crippen molar-refractivity contribution in [2.24, 2.45) is 0 Å². The van der Waals surface area contributed by atoms with Gasteiger partial charge in [0, 0.05) is 6.42 Å². The molecular formula is C12H23NO9. The smallest absolute Gasteiger partial charge is 0.220 e. The van der Waals surface area contributed by atoms with E-state index in [1.54, 1.807) is 0 Å². The fraction of sp³-hybridized carbons (Fsp3) is 0.833. The zero-order valence-corrected chi connectivity index (χ0v) is 12.0. The fourth-order valence-electron chi connectivity index (χ4n) is 1.61. The van der Waals surface area contributed by atoms with Crippen LogP contribution in [0.2, 0.25) is 0 Å². The topological polar surface area (TPSA) is 188 Å². The molecule has 0 aromatic heterocycles. The number of rotatable bonds is 10. The summed E-state index contributed by atoms with van der Waals surface area (Å²) in [4.78, 5) is 23.4. The molecule has 0 heterocycles. The van der Waals surface area contributed by atoms with Crippen molar-refractivity contribution in [2.45, 2.75) is 49.9 Å². The summed E-state index contributed by atoms with van der Waals surface area (Å²) in [5.41, 5.74) is 0. The van der Waals surface area contributed by atoms with Crippen molar-refractivity contribution in [1.82, 2.24) is 5.32 Å². The third-order valence-electron chi connectivity index (χ3n) is 3.06. The first kappa shape index (κ1) is 20.9. The van der Waals surface area contributed by atoms with Crippen molar-refractivity contribution in [1.29, 1.82) is 0 Å². The van der Waals surface area contributed by atoms with E-state index in [0.717, 1.165) is 0 Å². The molecule has 0 aromatic rings. The highest BCUT2D eigenvalue weighted by molar-refractivity contribution is 5.92. The largest absolute Gasteiger partial charge is 0.394 e. The van der Waals surface area contributed by atoms with Gasteiger partial charge in [0.15, 0.2) is 5.78 Å². The van der Waals surface area contributed by atoms with Gasteiger partial charge in [0.1, 0.15) is 36.6 Å². The van der Waals surface area contributed by atoms with Gasteiger partial charge in [0.25, 0.3) is 0 Å². The Morgan fingerprint density at radius 2 is 1.41 bits per heavy atom. The SMILES string of the molecule is CCC(=O)NC(C(=O)C(O)C(O)CO)C(O)C(O)C(O)CO. The third kappa shape index (κ3) is 5.57. The molecule has 8 N–H and O–H groups in total. The predicted molar refractivity (Wildman–Crippen MR) is 71.4 cm³/mol. The Labute approximate surface area is 126 Å². The van der Waals surface area contributed by atoms with Gasteiger partial charge in [-0.3, -0.25) is 9.59 Å². The predicted octanol–water partition coefficient (Wildman–Crippen LogP) is -4.76. The molecule has 0 aliphatic heterocycles. The van der Waals surface area contributed by atoms with Crippen LogP contribution in [0.25, 0.3) is 0 Å². The van der Waals surface area contributed by atoms with Gasteiger partial charge in [-0.15, -0.1) is 0 Å². The van der Waals surface area contributed by atoms with Gasteiger partial charge < -0.3 is 41.1 Å². The van der Waals surface area contributed by atoms with Crippen LogP contribution in [0.4, 0.5) is 0 Å². The normalized spacial score (nSPS) is 19.6. The summed E-state index contributed by atoms with van der Waals surface area (Å²) in [7, 11) is 0. The summed E-state index contributed by atoms with van der Waals surface area (Å²) >= 11 is 0. The van der Waals surface area contributed by atoms with Gasteiger partial charge in [-0.25, -0.2) is 0 Å². The Bertz CT molecular complexity index is 365. The first-order valence-electron chi connectivity index (χ1n) is 6.66. The maximum atomic E-state index is 12.0. The zero-order valence-electron chi connectivity index (χ0n) is 12.0. The monoisotopic (exact) mass is 325 g/mol. The lowest BCUT2D eigenvalue weighted by Gasteiger charge is -2.30. The Morgan fingerprint density at radius 1 is 0.909 bits per heavy atom. The average Bonchev–Trinajstić information content (AvgIpc) is 2.54. The van der Waals surface area contributed by atoms with Crippen molar-refractivity contribution in [2.75, 3.05) is 13.2 Å². The molecule has 1 amide bonds. The summed E-state index contributed by atoms with van der Waals surface area (Å²) in [6, 6.07) is -1.85. The van der Waals surface area contributed by atoms with E-state index in [2.05, 4.69) is 0 Å². The Kier molecular flexibility index (Phi) is 9.28. The molecular weight excluding hydrogens is 302 g/mol. The maximum Gasteiger partial charge on any atom is 0.220 e. The van der Waals surface area contributed by atoms with Crippen LogP contribution in [0.1, 0.15) is 13.3 Å². The van der Waals surface area contributed by atoms with Crippen LogP contribution in [-0.4, -0.2) is 97.2 Å². The Balaban J connectivity index is 5.27. The van der Waals surface area contributed by atoms with Crippen LogP contribution in [0.15, 0.2) is 0 Å². The number of nitrogens with one attached hydrogen (secondary N) is 1. The number of hydrogen-bond acceptors (Lipinski definition) is 9. The van der Waals surface area contributed by atoms with E-state index in [4.69, 9.17) is 10.2 Å². The van der Waals surface area contributed by atoms with E-state index in [9.17, 15) is 35.1 Å². The molecule has 0 fully saturated rings. The number of carbonyl (C=O) groups is 2. The number of ketones is 1. The second-order valence-electron chi connectivity index (χ2n) is 4.73. The molecule has 0 bridgehead atoms. The van der Waals surface area contributed by atoms with Gasteiger partial charge in [-0.1, -0.05) is 6.92 Å². The summed E-state index contributed by atoms with van der Waals surface area (Å²) in [6.07, 6.45) is -9.88. The quantitative estimate of drug-likeness (QED) is 0.195. The first-order chi connectivity index (χ1) is 10.2. The Hall–Kier alpha value is -1.14. The lowest BCUT2D eigenvalue weighted by Crippen LogP contribution is -2.59. The van der Waals surface area contributed by atoms with Crippen molar-refractivity contribution in [3.8, 4) is 0 Å². The summed E-state index contributed by atoms with van der Waals surface area (Å²) < 4.78 is 0. The number of Topliss-reactive ketones (excluding diaryl/α,β-unsaturated/α-hetero) is 1. The average molecular weight is 325 g/mol. The zero-order chi connectivity index (χ0) is 17.4. The van der Waals surface area contributed by atoms with Gasteiger partial charge in [0.2, 0.25) is 5.91 Å². The number of amides is 1. The first-order valence-corrected chi connectivity index (χ1v) is 6.66. The summed E-state index contributed by atoms with van der Waals surface area (Å²) in [5, 5.41) is 67.0. The van der Waals surface area contributed by atoms with Crippen LogP contribution in [-0.2, 0) is 9.59 Å². The maximum absolute atomic E-state index is 12.0. The standard InChI is InChI=1S/C12H23NO9/c1-2-7(18)13-8(11(21)9(19)5(16)3-14)12(22)10(20)6(17)4-15/h5-6,8-11,14-17,19-21H,2-4H2,1H3,(H,13,18). The van der Waals surface area contributed by atoms with Crippen LogP contribution >= 0.6 is 0 Å². The number of carbonyl (C=O) groups excluding carboxylic acids is 2. The summed E-state index contributed by atoms with van der Waals surface area (Å²) in [6.45, 7) is -0.413. The highest BCUT2D eigenvalue weighted by atomic mass is 16.4. The van der Waals surface area contributed by atoms with Crippen molar-refractivity contribution >= 4 is 11.7 Å². The second-order valence-corrected chi connectivity index (χ2v) is 4.73. The molecule has 0 rings (SSSR count). The van der Waals surface area contributed by atoms with Gasteiger partial charge in [-0.05, 0) is 0 Å². The lowest BCUT2D eigenvalue weighted by atomic mass is 9.93. The van der Waals surface area contributed by atoms with Crippen LogP contribution in [0.3, 0.4) is 0 Å². The van der Waals surface area contributed by atoms with Gasteiger partial charge in [0.05, 0.1) is 13.2 Å². The molecule has 0 saturated carbocycles. The molecule has 10 nitrogen and oxygen atoms in total. The van der Waals surface area contributed by atoms with E-state index >= 15 is 0 Å². The molecule has 0 spiro atoms. The highest BCUT2D eigenvalue weighted by Gasteiger charge is 2.40. The number of aliphatic hydroxyl groups excluding tert-OH is 7. The lowest BCUT2D eigenvalue weighted by molar-refractivity contribution is -0.148. The van der Waals surface area contributed by atoms with Crippen molar-refractivity contribution in [3.05, 3.63) is 0 Å². The molecule has 130 valence electrons. The van der Waals surface area contributed by atoms with Crippen molar-refractivity contribution < 1.29 is 45.3 Å². The summed E-state index contributed by atoms with van der Waals surface area (Å²) in [5.74, 6) is -1.96. The van der Waals surface area contributed by atoms with E-state index in [1.807, 2.05) is 5.32 Å². The molecule has 0 saturated heterocycles.